The van der Waals surface area contributed by atoms with E-state index in [1.54, 1.807) is 24.3 Å². The van der Waals surface area contributed by atoms with Crippen molar-refractivity contribution in [2.75, 3.05) is 32.9 Å². The SMILES string of the molecule is N#Cc1ccc(OCCNC(=O)C2COCCN2C2CCCC2)cc1. The number of nitrogens with one attached hydrogen (secondary N) is 1. The van der Waals surface area contributed by atoms with Gasteiger partial charge in [0.15, 0.2) is 0 Å². The number of nitriles is 1. The first kappa shape index (κ1) is 17.7. The zero-order valence-corrected chi connectivity index (χ0v) is 14.4. The molecule has 3 rings (SSSR count). The molecule has 0 spiro atoms. The highest BCUT2D eigenvalue weighted by Crippen LogP contribution is 2.26. The van der Waals surface area contributed by atoms with E-state index in [0.717, 1.165) is 6.54 Å². The topological polar surface area (TPSA) is 74.6 Å². The van der Waals surface area contributed by atoms with E-state index in [4.69, 9.17) is 14.7 Å². The summed E-state index contributed by atoms with van der Waals surface area (Å²) in [4.78, 5) is 14.9. The second-order valence-electron chi connectivity index (χ2n) is 6.54. The number of hydrogen-bond acceptors (Lipinski definition) is 5. The quantitative estimate of drug-likeness (QED) is 0.796. The van der Waals surface area contributed by atoms with Gasteiger partial charge >= 0.3 is 0 Å². The minimum absolute atomic E-state index is 0.0232. The molecule has 1 aromatic rings. The van der Waals surface area contributed by atoms with Crippen LogP contribution in [-0.2, 0) is 9.53 Å². The molecular weight excluding hydrogens is 318 g/mol. The number of morpholine rings is 1. The molecule has 1 N–H and O–H groups in total. The molecule has 0 aromatic heterocycles. The zero-order chi connectivity index (χ0) is 17.5. The van der Waals surface area contributed by atoms with Gasteiger partial charge in [0.25, 0.3) is 0 Å². The number of rotatable bonds is 6. The second-order valence-corrected chi connectivity index (χ2v) is 6.54. The molecule has 6 heteroatoms. The van der Waals surface area contributed by atoms with Crippen molar-refractivity contribution in [3.05, 3.63) is 29.8 Å². The van der Waals surface area contributed by atoms with Crippen LogP contribution in [0.3, 0.4) is 0 Å². The number of carbonyl (C=O) groups excluding carboxylic acids is 1. The number of nitrogens with zero attached hydrogens (tertiary/aromatic N) is 2. The molecule has 134 valence electrons. The third kappa shape index (κ3) is 4.71. The van der Waals surface area contributed by atoms with Gasteiger partial charge in [-0.15, -0.1) is 0 Å². The van der Waals surface area contributed by atoms with Crippen LogP contribution in [0.2, 0.25) is 0 Å². The maximum Gasteiger partial charge on any atom is 0.239 e. The molecule has 1 aliphatic carbocycles. The normalized spacial score (nSPS) is 21.6. The van der Waals surface area contributed by atoms with Crippen molar-refractivity contribution >= 4 is 5.91 Å². The van der Waals surface area contributed by atoms with Gasteiger partial charge in [-0.25, -0.2) is 0 Å². The predicted molar refractivity (Wildman–Crippen MR) is 93.2 cm³/mol. The van der Waals surface area contributed by atoms with Crippen LogP contribution in [0.1, 0.15) is 31.2 Å². The Morgan fingerprint density at radius 3 is 2.80 bits per heavy atom. The van der Waals surface area contributed by atoms with E-state index in [-0.39, 0.29) is 11.9 Å². The van der Waals surface area contributed by atoms with E-state index in [0.29, 0.717) is 43.7 Å². The summed E-state index contributed by atoms with van der Waals surface area (Å²) in [5.41, 5.74) is 0.602. The molecule has 1 saturated carbocycles. The number of ether oxygens (including phenoxy) is 2. The molecule has 1 saturated heterocycles. The van der Waals surface area contributed by atoms with Gasteiger partial charge < -0.3 is 14.8 Å². The Morgan fingerprint density at radius 1 is 1.32 bits per heavy atom. The van der Waals surface area contributed by atoms with Gasteiger partial charge in [0.2, 0.25) is 5.91 Å². The largest absolute Gasteiger partial charge is 0.492 e. The summed E-state index contributed by atoms with van der Waals surface area (Å²) in [6, 6.07) is 9.36. The van der Waals surface area contributed by atoms with Crippen LogP contribution in [-0.4, -0.2) is 55.8 Å². The van der Waals surface area contributed by atoms with Crippen LogP contribution in [0.5, 0.6) is 5.75 Å². The van der Waals surface area contributed by atoms with Crippen LogP contribution >= 0.6 is 0 Å². The van der Waals surface area contributed by atoms with Crippen molar-refractivity contribution in [2.24, 2.45) is 0 Å². The fourth-order valence-corrected chi connectivity index (χ4v) is 3.60. The maximum absolute atomic E-state index is 12.5. The standard InChI is InChI=1S/C19H25N3O3/c20-13-15-5-7-17(8-6-15)25-11-9-21-19(23)18-14-24-12-10-22(18)16-3-1-2-4-16/h5-8,16,18H,1-4,9-12,14H2,(H,21,23). The van der Waals surface area contributed by atoms with E-state index in [1.807, 2.05) is 0 Å². The van der Waals surface area contributed by atoms with Gasteiger partial charge in [0, 0.05) is 12.6 Å². The van der Waals surface area contributed by atoms with Crippen molar-refractivity contribution in [1.82, 2.24) is 10.2 Å². The van der Waals surface area contributed by atoms with E-state index >= 15 is 0 Å². The molecule has 6 nitrogen and oxygen atoms in total. The number of benzene rings is 1. The molecule has 2 fully saturated rings. The number of hydrogen-bond donors (Lipinski definition) is 1. The average molecular weight is 343 g/mol. The Bertz CT molecular complexity index is 605. The monoisotopic (exact) mass is 343 g/mol. The van der Waals surface area contributed by atoms with E-state index in [9.17, 15) is 4.79 Å². The summed E-state index contributed by atoms with van der Waals surface area (Å²) in [5, 5.41) is 11.7. The Balaban J connectivity index is 1.43. The molecule has 2 aliphatic rings. The Hall–Kier alpha value is -2.10. The van der Waals surface area contributed by atoms with Gasteiger partial charge in [0.05, 0.1) is 31.4 Å². The Morgan fingerprint density at radius 2 is 2.08 bits per heavy atom. The summed E-state index contributed by atoms with van der Waals surface area (Å²) in [6.45, 7) is 2.87. The van der Waals surface area contributed by atoms with E-state index < -0.39 is 0 Å². The van der Waals surface area contributed by atoms with Crippen LogP contribution in [0.15, 0.2) is 24.3 Å². The highest BCUT2D eigenvalue weighted by molar-refractivity contribution is 5.82. The molecule has 1 amide bonds. The summed E-state index contributed by atoms with van der Waals surface area (Å²) < 4.78 is 11.1. The van der Waals surface area contributed by atoms with Crippen LogP contribution in [0, 0.1) is 11.3 Å². The second kappa shape index (κ2) is 8.84. The third-order valence-electron chi connectivity index (χ3n) is 4.92. The molecule has 1 atom stereocenters. The van der Waals surface area contributed by atoms with Gasteiger partial charge in [0.1, 0.15) is 18.4 Å². The smallest absolute Gasteiger partial charge is 0.239 e. The first-order chi connectivity index (χ1) is 12.3. The lowest BCUT2D eigenvalue weighted by atomic mass is 10.1. The molecule has 1 unspecified atom stereocenters. The summed E-state index contributed by atoms with van der Waals surface area (Å²) in [5.74, 6) is 0.719. The fourth-order valence-electron chi connectivity index (χ4n) is 3.60. The average Bonchev–Trinajstić information content (AvgIpc) is 3.20. The summed E-state index contributed by atoms with van der Waals surface area (Å²) in [7, 11) is 0. The Labute approximate surface area is 148 Å². The highest BCUT2D eigenvalue weighted by atomic mass is 16.5. The fraction of sp³-hybridized carbons (Fsp3) is 0.579. The molecule has 1 heterocycles. The predicted octanol–water partition coefficient (Wildman–Crippen LogP) is 1.70. The molecule has 1 aromatic carbocycles. The van der Waals surface area contributed by atoms with Crippen LogP contribution < -0.4 is 10.1 Å². The summed E-state index contributed by atoms with van der Waals surface area (Å²) >= 11 is 0. The van der Waals surface area contributed by atoms with E-state index in [2.05, 4.69) is 16.3 Å². The number of carbonyl (C=O) groups is 1. The molecule has 25 heavy (non-hydrogen) atoms. The number of amides is 1. The lowest BCUT2D eigenvalue weighted by molar-refractivity contribution is -0.134. The van der Waals surface area contributed by atoms with Gasteiger partial charge in [-0.3, -0.25) is 9.69 Å². The zero-order valence-electron chi connectivity index (χ0n) is 14.4. The first-order valence-electron chi connectivity index (χ1n) is 9.02. The summed E-state index contributed by atoms with van der Waals surface area (Å²) in [6.07, 6.45) is 4.89. The minimum Gasteiger partial charge on any atom is -0.492 e. The first-order valence-corrected chi connectivity index (χ1v) is 9.02. The van der Waals surface area contributed by atoms with Crippen molar-refractivity contribution in [3.63, 3.8) is 0 Å². The molecule has 1 aliphatic heterocycles. The third-order valence-corrected chi connectivity index (χ3v) is 4.92. The van der Waals surface area contributed by atoms with Gasteiger partial charge in [-0.05, 0) is 37.1 Å². The maximum atomic E-state index is 12.5. The van der Waals surface area contributed by atoms with Crippen molar-refractivity contribution < 1.29 is 14.3 Å². The van der Waals surface area contributed by atoms with Crippen molar-refractivity contribution in [2.45, 2.75) is 37.8 Å². The lowest BCUT2D eigenvalue weighted by Gasteiger charge is -2.38. The molecule has 0 radical (unpaired) electrons. The van der Waals surface area contributed by atoms with Gasteiger partial charge in [-0.1, -0.05) is 12.8 Å². The van der Waals surface area contributed by atoms with Crippen LogP contribution in [0.25, 0.3) is 0 Å². The van der Waals surface area contributed by atoms with E-state index in [1.165, 1.54) is 25.7 Å². The Kier molecular flexibility index (Phi) is 6.26. The molecular formula is C19H25N3O3. The highest BCUT2D eigenvalue weighted by Gasteiger charge is 2.35. The minimum atomic E-state index is -0.188. The molecule has 0 bridgehead atoms. The van der Waals surface area contributed by atoms with Crippen molar-refractivity contribution in [3.8, 4) is 11.8 Å². The van der Waals surface area contributed by atoms with Crippen LogP contribution in [0.4, 0.5) is 0 Å². The van der Waals surface area contributed by atoms with Crippen molar-refractivity contribution in [1.29, 1.82) is 5.26 Å². The lowest BCUT2D eigenvalue weighted by Crippen LogP contribution is -2.57. The van der Waals surface area contributed by atoms with Gasteiger partial charge in [-0.2, -0.15) is 5.26 Å².